The average Bonchev–Trinajstić information content (AvgIpc) is 2.65. The second-order valence-corrected chi connectivity index (χ2v) is 3.85. The van der Waals surface area contributed by atoms with Crippen LogP contribution in [0.25, 0.3) is 0 Å². The van der Waals surface area contributed by atoms with Gasteiger partial charge in [-0.15, -0.1) is 12.3 Å². The largest absolute Gasteiger partial charge is 0.469 e. The van der Waals surface area contributed by atoms with Crippen LogP contribution in [0.15, 0.2) is 16.7 Å². The van der Waals surface area contributed by atoms with Crippen molar-refractivity contribution in [2.45, 2.75) is 37.7 Å². The Morgan fingerprint density at radius 1 is 1.64 bits per heavy atom. The van der Waals surface area contributed by atoms with Gasteiger partial charge in [-0.1, -0.05) is 0 Å². The summed E-state index contributed by atoms with van der Waals surface area (Å²) in [6.07, 6.45) is 10.8. The van der Waals surface area contributed by atoms with Gasteiger partial charge in [0, 0.05) is 18.4 Å². The molecule has 1 aromatic rings. The van der Waals surface area contributed by atoms with Gasteiger partial charge in [0.2, 0.25) is 0 Å². The summed E-state index contributed by atoms with van der Waals surface area (Å²) in [5, 5.41) is 10.4. The number of aliphatic hydroxyl groups is 1. The van der Waals surface area contributed by atoms with Gasteiger partial charge in [0.05, 0.1) is 11.9 Å². The minimum absolute atomic E-state index is 0.612. The molecule has 1 aromatic heterocycles. The maximum absolute atomic E-state index is 10.4. The molecule has 0 aromatic carbocycles. The SMILES string of the molecule is C#CCCC1(O)CCCc2occc21. The van der Waals surface area contributed by atoms with E-state index in [2.05, 4.69) is 5.92 Å². The van der Waals surface area contributed by atoms with Crippen molar-refractivity contribution in [1.82, 2.24) is 0 Å². The predicted molar refractivity (Wildman–Crippen MR) is 53.6 cm³/mol. The summed E-state index contributed by atoms with van der Waals surface area (Å²) in [5.41, 5.74) is 0.200. The monoisotopic (exact) mass is 190 g/mol. The van der Waals surface area contributed by atoms with Crippen molar-refractivity contribution in [3.63, 3.8) is 0 Å². The second kappa shape index (κ2) is 3.51. The van der Waals surface area contributed by atoms with Crippen LogP contribution in [0.5, 0.6) is 0 Å². The summed E-state index contributed by atoms with van der Waals surface area (Å²) in [7, 11) is 0. The molecule has 74 valence electrons. The van der Waals surface area contributed by atoms with E-state index in [1.165, 1.54) is 0 Å². The number of furan rings is 1. The Bertz CT molecular complexity index is 359. The molecule has 0 fully saturated rings. The fraction of sp³-hybridized carbons (Fsp3) is 0.500. The molecule has 1 heterocycles. The molecule has 1 N–H and O–H groups in total. The van der Waals surface area contributed by atoms with E-state index < -0.39 is 5.60 Å². The van der Waals surface area contributed by atoms with Crippen molar-refractivity contribution < 1.29 is 9.52 Å². The molecular weight excluding hydrogens is 176 g/mol. The molecule has 0 bridgehead atoms. The molecule has 2 heteroatoms. The summed E-state index contributed by atoms with van der Waals surface area (Å²) < 4.78 is 5.32. The lowest BCUT2D eigenvalue weighted by Gasteiger charge is -2.31. The fourth-order valence-electron chi connectivity index (χ4n) is 2.16. The second-order valence-electron chi connectivity index (χ2n) is 3.85. The van der Waals surface area contributed by atoms with Crippen LogP contribution in [0.2, 0.25) is 0 Å². The molecule has 0 radical (unpaired) electrons. The first-order chi connectivity index (χ1) is 6.76. The Morgan fingerprint density at radius 2 is 2.50 bits per heavy atom. The van der Waals surface area contributed by atoms with Crippen molar-refractivity contribution in [2.75, 3.05) is 0 Å². The standard InChI is InChI=1S/C12H14O2/c1-2-3-7-12(13)8-4-5-11-10(12)6-9-14-11/h1,6,9,13H,3-5,7-8H2. The van der Waals surface area contributed by atoms with Crippen LogP contribution in [-0.4, -0.2) is 5.11 Å². The molecular formula is C12H14O2. The zero-order chi connectivity index (χ0) is 10.0. The van der Waals surface area contributed by atoms with Crippen molar-refractivity contribution in [3.05, 3.63) is 23.7 Å². The highest BCUT2D eigenvalue weighted by Crippen LogP contribution is 2.38. The van der Waals surface area contributed by atoms with E-state index >= 15 is 0 Å². The van der Waals surface area contributed by atoms with E-state index in [0.717, 1.165) is 30.6 Å². The predicted octanol–water partition coefficient (Wildman–Crippen LogP) is 2.22. The van der Waals surface area contributed by atoms with Gasteiger partial charge in [-0.05, 0) is 25.3 Å². The molecule has 0 spiro atoms. The summed E-state index contributed by atoms with van der Waals surface area (Å²) in [4.78, 5) is 0. The molecule has 0 saturated carbocycles. The topological polar surface area (TPSA) is 33.4 Å². The first kappa shape index (κ1) is 9.36. The highest BCUT2D eigenvalue weighted by atomic mass is 16.3. The first-order valence-electron chi connectivity index (χ1n) is 4.99. The summed E-state index contributed by atoms with van der Waals surface area (Å²) >= 11 is 0. The first-order valence-corrected chi connectivity index (χ1v) is 4.99. The molecule has 14 heavy (non-hydrogen) atoms. The van der Waals surface area contributed by atoms with Crippen molar-refractivity contribution in [1.29, 1.82) is 0 Å². The number of hydrogen-bond donors (Lipinski definition) is 1. The summed E-state index contributed by atoms with van der Waals surface area (Å²) in [5.74, 6) is 3.50. The maximum Gasteiger partial charge on any atom is 0.109 e. The summed E-state index contributed by atoms with van der Waals surface area (Å²) in [6, 6.07) is 1.87. The van der Waals surface area contributed by atoms with E-state index in [0.29, 0.717) is 12.8 Å². The number of aryl methyl sites for hydroxylation is 1. The molecule has 1 aliphatic carbocycles. The normalized spacial score (nSPS) is 25.4. The third kappa shape index (κ3) is 1.44. The van der Waals surface area contributed by atoms with E-state index in [1.807, 2.05) is 6.07 Å². The van der Waals surface area contributed by atoms with Gasteiger partial charge < -0.3 is 9.52 Å². The van der Waals surface area contributed by atoms with Gasteiger partial charge in [-0.25, -0.2) is 0 Å². The lowest BCUT2D eigenvalue weighted by atomic mass is 9.80. The van der Waals surface area contributed by atoms with Crippen LogP contribution in [-0.2, 0) is 12.0 Å². The minimum Gasteiger partial charge on any atom is -0.469 e. The molecule has 2 nitrogen and oxygen atoms in total. The maximum atomic E-state index is 10.4. The van der Waals surface area contributed by atoms with Crippen LogP contribution >= 0.6 is 0 Å². The van der Waals surface area contributed by atoms with E-state index in [4.69, 9.17) is 10.8 Å². The van der Waals surface area contributed by atoms with Crippen molar-refractivity contribution in [2.24, 2.45) is 0 Å². The van der Waals surface area contributed by atoms with Gasteiger partial charge in [-0.3, -0.25) is 0 Å². The smallest absolute Gasteiger partial charge is 0.109 e. The van der Waals surface area contributed by atoms with Gasteiger partial charge in [0.25, 0.3) is 0 Å². The molecule has 0 amide bonds. The van der Waals surface area contributed by atoms with Crippen molar-refractivity contribution in [3.8, 4) is 12.3 Å². The quantitative estimate of drug-likeness (QED) is 0.725. The average molecular weight is 190 g/mol. The van der Waals surface area contributed by atoms with E-state index in [9.17, 15) is 5.11 Å². The Kier molecular flexibility index (Phi) is 2.35. The Hall–Kier alpha value is -1.20. The molecule has 0 aliphatic heterocycles. The molecule has 1 aliphatic rings. The Morgan fingerprint density at radius 3 is 3.29 bits per heavy atom. The van der Waals surface area contributed by atoms with E-state index in [1.54, 1.807) is 6.26 Å². The Balaban J connectivity index is 2.26. The highest BCUT2D eigenvalue weighted by molar-refractivity contribution is 5.27. The molecule has 1 unspecified atom stereocenters. The van der Waals surface area contributed by atoms with Gasteiger partial charge >= 0.3 is 0 Å². The van der Waals surface area contributed by atoms with Crippen LogP contribution in [0.1, 0.15) is 37.0 Å². The third-order valence-electron chi connectivity index (χ3n) is 2.92. The van der Waals surface area contributed by atoms with Gasteiger partial charge in [0.1, 0.15) is 5.76 Å². The zero-order valence-corrected chi connectivity index (χ0v) is 8.12. The van der Waals surface area contributed by atoms with Crippen LogP contribution in [0.4, 0.5) is 0 Å². The highest BCUT2D eigenvalue weighted by Gasteiger charge is 2.35. The van der Waals surface area contributed by atoms with Crippen LogP contribution in [0.3, 0.4) is 0 Å². The lowest BCUT2D eigenvalue weighted by Crippen LogP contribution is -2.29. The molecule has 1 atom stereocenters. The third-order valence-corrected chi connectivity index (χ3v) is 2.92. The van der Waals surface area contributed by atoms with Crippen LogP contribution in [0, 0.1) is 12.3 Å². The molecule has 0 saturated heterocycles. The van der Waals surface area contributed by atoms with Crippen LogP contribution < -0.4 is 0 Å². The van der Waals surface area contributed by atoms with Gasteiger partial charge in [0.15, 0.2) is 0 Å². The molecule has 2 rings (SSSR count). The number of fused-ring (bicyclic) bond motifs is 1. The lowest BCUT2D eigenvalue weighted by molar-refractivity contribution is 0.00940. The Labute approximate surface area is 83.9 Å². The minimum atomic E-state index is -0.743. The summed E-state index contributed by atoms with van der Waals surface area (Å²) in [6.45, 7) is 0. The number of hydrogen-bond acceptors (Lipinski definition) is 2. The van der Waals surface area contributed by atoms with E-state index in [-0.39, 0.29) is 0 Å². The number of rotatable bonds is 2. The van der Waals surface area contributed by atoms with Crippen molar-refractivity contribution >= 4 is 0 Å². The van der Waals surface area contributed by atoms with Gasteiger partial charge in [-0.2, -0.15) is 0 Å². The number of terminal acetylenes is 1. The fourth-order valence-corrected chi connectivity index (χ4v) is 2.16. The zero-order valence-electron chi connectivity index (χ0n) is 8.12.